The van der Waals surface area contributed by atoms with Crippen LogP contribution in [-0.2, 0) is 4.79 Å². The van der Waals surface area contributed by atoms with E-state index in [2.05, 4.69) is 10.3 Å². The number of carbonyl (C=O) groups is 1. The number of carbonyl (C=O) groups excluding carboxylic acids is 1. The van der Waals surface area contributed by atoms with Crippen molar-refractivity contribution in [3.63, 3.8) is 0 Å². The molecule has 0 unspecified atom stereocenters. The van der Waals surface area contributed by atoms with Crippen LogP contribution in [0, 0.1) is 0 Å². The Kier molecular flexibility index (Phi) is 4.69. The number of rotatable bonds is 6. The fraction of sp³-hybridized carbons (Fsp3) is 0.286. The second kappa shape index (κ2) is 6.70. The number of nitrogens with two attached hydrogens (primary N) is 1. The molecular weight excluding hydrogens is 242 g/mol. The zero-order valence-electron chi connectivity index (χ0n) is 10.6. The number of ether oxygens (including phenoxy) is 1. The Bertz CT molecular complexity index is 552. The van der Waals surface area contributed by atoms with E-state index in [9.17, 15) is 4.79 Å². The number of hydrogen-bond donors (Lipinski definition) is 2. The van der Waals surface area contributed by atoms with Gasteiger partial charge in [0, 0.05) is 18.1 Å². The first-order valence-electron chi connectivity index (χ1n) is 6.24. The summed E-state index contributed by atoms with van der Waals surface area (Å²) in [7, 11) is 0. The number of benzene rings is 1. The number of fused-ring (bicyclic) bond motifs is 1. The summed E-state index contributed by atoms with van der Waals surface area (Å²) in [6.45, 7) is 1.11. The minimum Gasteiger partial charge on any atom is -0.491 e. The minimum absolute atomic E-state index is 0.0219. The molecule has 0 saturated heterocycles. The minimum atomic E-state index is -0.146. The average molecular weight is 259 g/mol. The lowest BCUT2D eigenvalue weighted by Gasteiger charge is -2.08. The normalized spacial score (nSPS) is 10.4. The second-order valence-electron chi connectivity index (χ2n) is 4.09. The third kappa shape index (κ3) is 3.66. The van der Waals surface area contributed by atoms with Crippen molar-refractivity contribution < 1.29 is 9.53 Å². The summed E-state index contributed by atoms with van der Waals surface area (Å²) in [5.41, 5.74) is 6.05. The summed E-state index contributed by atoms with van der Waals surface area (Å²) in [6.07, 6.45) is 2.48. The van der Waals surface area contributed by atoms with E-state index in [4.69, 9.17) is 10.5 Å². The van der Waals surface area contributed by atoms with Crippen LogP contribution in [0.2, 0.25) is 0 Å². The van der Waals surface area contributed by atoms with Gasteiger partial charge in [0.15, 0.2) is 0 Å². The first-order chi connectivity index (χ1) is 9.31. The molecule has 19 heavy (non-hydrogen) atoms. The Morgan fingerprint density at radius 1 is 1.32 bits per heavy atom. The van der Waals surface area contributed by atoms with Gasteiger partial charge in [-0.25, -0.2) is 0 Å². The fourth-order valence-electron chi connectivity index (χ4n) is 1.75. The number of hydrogen-bond acceptors (Lipinski definition) is 4. The molecule has 100 valence electrons. The van der Waals surface area contributed by atoms with Crippen molar-refractivity contribution >= 4 is 16.8 Å². The zero-order chi connectivity index (χ0) is 13.5. The van der Waals surface area contributed by atoms with Crippen molar-refractivity contribution in [2.75, 3.05) is 19.7 Å². The summed E-state index contributed by atoms with van der Waals surface area (Å²) in [4.78, 5) is 15.2. The SMILES string of the molecule is NCC(=O)NCCCOc1cccc2cccnc12. The molecule has 0 aliphatic heterocycles. The fourth-order valence-corrected chi connectivity index (χ4v) is 1.75. The topological polar surface area (TPSA) is 77.2 Å². The molecule has 3 N–H and O–H groups in total. The Hall–Kier alpha value is -2.14. The van der Waals surface area contributed by atoms with Gasteiger partial charge in [-0.15, -0.1) is 0 Å². The number of aromatic nitrogens is 1. The van der Waals surface area contributed by atoms with E-state index in [0.29, 0.717) is 13.2 Å². The molecule has 1 aromatic heterocycles. The van der Waals surface area contributed by atoms with Crippen molar-refractivity contribution in [2.24, 2.45) is 5.73 Å². The highest BCUT2D eigenvalue weighted by Crippen LogP contribution is 2.22. The largest absolute Gasteiger partial charge is 0.491 e. The van der Waals surface area contributed by atoms with Gasteiger partial charge >= 0.3 is 0 Å². The van der Waals surface area contributed by atoms with E-state index in [1.165, 1.54) is 0 Å². The molecule has 5 heteroatoms. The number of nitrogens with one attached hydrogen (secondary N) is 1. The molecule has 1 amide bonds. The molecule has 0 saturated carbocycles. The molecule has 0 aliphatic carbocycles. The summed E-state index contributed by atoms with van der Waals surface area (Å²) in [5.74, 6) is 0.620. The van der Waals surface area contributed by atoms with Crippen LogP contribution >= 0.6 is 0 Å². The third-order valence-electron chi connectivity index (χ3n) is 2.68. The molecule has 0 spiro atoms. The predicted octanol–water partition coefficient (Wildman–Crippen LogP) is 1.08. The smallest absolute Gasteiger partial charge is 0.233 e. The summed E-state index contributed by atoms with van der Waals surface area (Å²) < 4.78 is 5.69. The van der Waals surface area contributed by atoms with Crippen LogP contribution in [0.3, 0.4) is 0 Å². The van der Waals surface area contributed by atoms with Crippen molar-refractivity contribution in [2.45, 2.75) is 6.42 Å². The quantitative estimate of drug-likeness (QED) is 0.761. The van der Waals surface area contributed by atoms with E-state index >= 15 is 0 Å². The van der Waals surface area contributed by atoms with Gasteiger partial charge in [-0.05, 0) is 18.6 Å². The van der Waals surface area contributed by atoms with Crippen LogP contribution in [0.5, 0.6) is 5.75 Å². The Labute approximate surface area is 111 Å². The monoisotopic (exact) mass is 259 g/mol. The Balaban J connectivity index is 1.86. The van der Waals surface area contributed by atoms with Gasteiger partial charge in [0.25, 0.3) is 0 Å². The van der Waals surface area contributed by atoms with Crippen LogP contribution in [0.25, 0.3) is 10.9 Å². The molecule has 1 aromatic carbocycles. The zero-order valence-corrected chi connectivity index (χ0v) is 10.6. The average Bonchev–Trinajstić information content (AvgIpc) is 2.46. The highest BCUT2D eigenvalue weighted by molar-refractivity contribution is 5.84. The summed E-state index contributed by atoms with van der Waals surface area (Å²) in [5, 5.41) is 3.75. The molecule has 2 rings (SSSR count). The first-order valence-corrected chi connectivity index (χ1v) is 6.24. The maximum absolute atomic E-state index is 10.9. The van der Waals surface area contributed by atoms with Crippen molar-refractivity contribution in [1.29, 1.82) is 0 Å². The molecule has 0 aliphatic rings. The molecule has 2 aromatic rings. The molecule has 0 radical (unpaired) electrons. The summed E-state index contributed by atoms with van der Waals surface area (Å²) in [6, 6.07) is 9.73. The summed E-state index contributed by atoms with van der Waals surface area (Å²) >= 11 is 0. The molecule has 1 heterocycles. The lowest BCUT2D eigenvalue weighted by molar-refractivity contribution is -0.119. The van der Waals surface area contributed by atoms with Crippen LogP contribution in [0.15, 0.2) is 36.5 Å². The van der Waals surface area contributed by atoms with Gasteiger partial charge < -0.3 is 15.8 Å². The molecule has 0 fully saturated rings. The lowest BCUT2D eigenvalue weighted by Crippen LogP contribution is -2.31. The van der Waals surface area contributed by atoms with Crippen LogP contribution in [0.4, 0.5) is 0 Å². The lowest BCUT2D eigenvalue weighted by atomic mass is 10.2. The van der Waals surface area contributed by atoms with Gasteiger partial charge in [0.2, 0.25) is 5.91 Å². The van der Waals surface area contributed by atoms with Gasteiger partial charge in [-0.3, -0.25) is 9.78 Å². The van der Waals surface area contributed by atoms with Gasteiger partial charge in [-0.1, -0.05) is 18.2 Å². The molecular formula is C14H17N3O2. The highest BCUT2D eigenvalue weighted by Gasteiger charge is 2.02. The Morgan fingerprint density at radius 3 is 3.00 bits per heavy atom. The van der Waals surface area contributed by atoms with E-state index in [1.54, 1.807) is 6.20 Å². The van der Waals surface area contributed by atoms with E-state index < -0.39 is 0 Å². The predicted molar refractivity (Wildman–Crippen MR) is 73.9 cm³/mol. The molecule has 5 nitrogen and oxygen atoms in total. The number of pyridine rings is 1. The standard InChI is InChI=1S/C14H17N3O2/c15-10-13(18)16-8-3-9-19-12-6-1-4-11-5-2-7-17-14(11)12/h1-2,4-7H,3,8-10,15H2,(H,16,18). The van der Waals surface area contributed by atoms with Crippen LogP contribution in [-0.4, -0.2) is 30.6 Å². The van der Waals surface area contributed by atoms with E-state index in [0.717, 1.165) is 23.1 Å². The van der Waals surface area contributed by atoms with E-state index in [-0.39, 0.29) is 12.5 Å². The van der Waals surface area contributed by atoms with Gasteiger partial charge in [0.05, 0.1) is 13.2 Å². The van der Waals surface area contributed by atoms with Crippen molar-refractivity contribution in [1.82, 2.24) is 10.3 Å². The molecule has 0 atom stereocenters. The van der Waals surface area contributed by atoms with Crippen LogP contribution < -0.4 is 15.8 Å². The van der Waals surface area contributed by atoms with Gasteiger partial charge in [-0.2, -0.15) is 0 Å². The van der Waals surface area contributed by atoms with Crippen molar-refractivity contribution in [3.05, 3.63) is 36.5 Å². The first kappa shape index (κ1) is 13.3. The van der Waals surface area contributed by atoms with E-state index in [1.807, 2.05) is 30.3 Å². The van der Waals surface area contributed by atoms with Gasteiger partial charge in [0.1, 0.15) is 11.3 Å². The number of amides is 1. The van der Waals surface area contributed by atoms with Crippen molar-refractivity contribution in [3.8, 4) is 5.75 Å². The maximum Gasteiger partial charge on any atom is 0.233 e. The van der Waals surface area contributed by atoms with Crippen LogP contribution in [0.1, 0.15) is 6.42 Å². The second-order valence-corrected chi connectivity index (χ2v) is 4.09. The number of nitrogens with zero attached hydrogens (tertiary/aromatic N) is 1. The molecule has 0 bridgehead atoms. The highest BCUT2D eigenvalue weighted by atomic mass is 16.5. The number of para-hydroxylation sites is 1. The Morgan fingerprint density at radius 2 is 2.16 bits per heavy atom. The third-order valence-corrected chi connectivity index (χ3v) is 2.68. The maximum atomic E-state index is 10.9.